The van der Waals surface area contributed by atoms with E-state index in [0.717, 1.165) is 0 Å². The van der Waals surface area contributed by atoms with Gasteiger partial charge in [0.15, 0.2) is 12.6 Å². The summed E-state index contributed by atoms with van der Waals surface area (Å²) >= 11 is 0. The standard InChI is InChI=1S/C22H44N6O10/c1-3-11(29)28(2)6-10-14(30)12(26)17(33)22(36-10)38-20-8(25)4-7(24)19(18(20)34)37-21-13(27)16(32)15(31)9(5-23)35-21/h7-10,12-22,30-34H,3-6,23-27H2,1-2H3. The third-order valence-corrected chi connectivity index (χ3v) is 7.56. The van der Waals surface area contributed by atoms with E-state index in [9.17, 15) is 30.3 Å². The third kappa shape index (κ3) is 6.45. The van der Waals surface area contributed by atoms with Gasteiger partial charge in [-0.05, 0) is 6.42 Å². The number of nitrogens with zero attached hydrogens (tertiary/aromatic N) is 1. The van der Waals surface area contributed by atoms with Crippen LogP contribution in [0.4, 0.5) is 0 Å². The Labute approximate surface area is 220 Å². The molecule has 0 radical (unpaired) electrons. The lowest BCUT2D eigenvalue weighted by molar-refractivity contribution is -0.317. The van der Waals surface area contributed by atoms with Gasteiger partial charge in [-0.1, -0.05) is 6.92 Å². The van der Waals surface area contributed by atoms with Crippen molar-refractivity contribution in [2.75, 3.05) is 20.1 Å². The fourth-order valence-electron chi connectivity index (χ4n) is 5.09. The first kappa shape index (κ1) is 31.4. The molecule has 3 rings (SSSR count). The first-order valence-electron chi connectivity index (χ1n) is 12.8. The Hall–Kier alpha value is -1.09. The monoisotopic (exact) mass is 552 g/mol. The number of hydrogen-bond donors (Lipinski definition) is 10. The Bertz CT molecular complexity index is 785. The third-order valence-electron chi connectivity index (χ3n) is 7.56. The molecule has 1 saturated carbocycles. The molecule has 222 valence electrons. The molecule has 15 unspecified atom stereocenters. The van der Waals surface area contributed by atoms with Gasteiger partial charge in [0.1, 0.15) is 48.8 Å². The highest BCUT2D eigenvalue weighted by Gasteiger charge is 2.51. The van der Waals surface area contributed by atoms with Gasteiger partial charge >= 0.3 is 0 Å². The van der Waals surface area contributed by atoms with Crippen LogP contribution in [0.2, 0.25) is 0 Å². The maximum Gasteiger partial charge on any atom is 0.222 e. The molecule has 2 aliphatic heterocycles. The molecule has 2 heterocycles. The van der Waals surface area contributed by atoms with Crippen LogP contribution in [0.25, 0.3) is 0 Å². The quantitative estimate of drug-likeness (QED) is 0.134. The Morgan fingerprint density at radius 2 is 1.37 bits per heavy atom. The number of aliphatic hydroxyl groups excluding tert-OH is 5. The highest BCUT2D eigenvalue weighted by Crippen LogP contribution is 2.31. The number of carbonyl (C=O) groups is 1. The summed E-state index contributed by atoms with van der Waals surface area (Å²) in [5.41, 5.74) is 30.0. The lowest BCUT2D eigenvalue weighted by Gasteiger charge is -2.48. The first-order chi connectivity index (χ1) is 17.8. The molecule has 3 aliphatic rings. The van der Waals surface area contributed by atoms with E-state index in [4.69, 9.17) is 47.6 Å². The molecule has 38 heavy (non-hydrogen) atoms. The second-order valence-electron chi connectivity index (χ2n) is 10.3. The van der Waals surface area contributed by atoms with Gasteiger partial charge in [-0.3, -0.25) is 4.79 Å². The van der Waals surface area contributed by atoms with Gasteiger partial charge in [0.05, 0.1) is 18.2 Å². The van der Waals surface area contributed by atoms with E-state index >= 15 is 0 Å². The second kappa shape index (κ2) is 13.0. The van der Waals surface area contributed by atoms with Crippen LogP contribution in [0.1, 0.15) is 19.8 Å². The molecule has 15 N–H and O–H groups in total. The van der Waals surface area contributed by atoms with Crippen LogP contribution < -0.4 is 28.7 Å². The van der Waals surface area contributed by atoms with Crippen LogP contribution in [0, 0.1) is 0 Å². The van der Waals surface area contributed by atoms with Crippen molar-refractivity contribution in [1.82, 2.24) is 4.90 Å². The highest BCUT2D eigenvalue weighted by molar-refractivity contribution is 5.75. The first-order valence-corrected chi connectivity index (χ1v) is 12.8. The van der Waals surface area contributed by atoms with Crippen molar-refractivity contribution in [3.63, 3.8) is 0 Å². The molecular formula is C22H44N6O10. The number of rotatable bonds is 8. The number of nitrogens with two attached hydrogens (primary N) is 5. The fourth-order valence-corrected chi connectivity index (χ4v) is 5.09. The molecule has 1 amide bonds. The predicted octanol–water partition coefficient (Wildman–Crippen LogP) is -6.45. The van der Waals surface area contributed by atoms with Gasteiger partial charge < -0.3 is 78.0 Å². The van der Waals surface area contributed by atoms with Crippen molar-refractivity contribution in [1.29, 1.82) is 0 Å². The molecule has 0 spiro atoms. The van der Waals surface area contributed by atoms with E-state index in [1.165, 1.54) is 4.90 Å². The van der Waals surface area contributed by atoms with Crippen molar-refractivity contribution in [2.24, 2.45) is 28.7 Å². The number of carbonyl (C=O) groups excluding carboxylic acids is 1. The largest absolute Gasteiger partial charge is 0.389 e. The Balaban J connectivity index is 1.73. The molecule has 0 bridgehead atoms. The highest BCUT2D eigenvalue weighted by atomic mass is 16.7. The van der Waals surface area contributed by atoms with Crippen LogP contribution in [-0.2, 0) is 23.7 Å². The Morgan fingerprint density at radius 1 is 0.816 bits per heavy atom. The number of hydrogen-bond acceptors (Lipinski definition) is 15. The van der Waals surface area contributed by atoms with Crippen molar-refractivity contribution < 1.29 is 49.3 Å². The minimum atomic E-state index is -1.49. The predicted molar refractivity (Wildman–Crippen MR) is 131 cm³/mol. The zero-order valence-electron chi connectivity index (χ0n) is 21.6. The fraction of sp³-hybridized carbons (Fsp3) is 0.955. The van der Waals surface area contributed by atoms with Crippen LogP contribution in [0.3, 0.4) is 0 Å². The zero-order valence-corrected chi connectivity index (χ0v) is 21.6. The summed E-state index contributed by atoms with van der Waals surface area (Å²) in [6.07, 6.45) is -13.5. The maximum atomic E-state index is 12.0. The van der Waals surface area contributed by atoms with E-state index in [0.29, 0.717) is 0 Å². The molecule has 3 fully saturated rings. The smallest absolute Gasteiger partial charge is 0.222 e. The molecular weight excluding hydrogens is 508 g/mol. The summed E-state index contributed by atoms with van der Waals surface area (Å²) in [5.74, 6) is -0.186. The molecule has 16 nitrogen and oxygen atoms in total. The summed E-state index contributed by atoms with van der Waals surface area (Å²) in [7, 11) is 1.54. The average molecular weight is 553 g/mol. The average Bonchev–Trinajstić information content (AvgIpc) is 2.89. The summed E-state index contributed by atoms with van der Waals surface area (Å²) < 4.78 is 23.1. The van der Waals surface area contributed by atoms with E-state index in [1.54, 1.807) is 14.0 Å². The Kier molecular flexibility index (Phi) is 10.8. The van der Waals surface area contributed by atoms with Crippen molar-refractivity contribution in [3.8, 4) is 0 Å². The molecule has 16 heteroatoms. The molecule has 1 aliphatic carbocycles. The van der Waals surface area contributed by atoms with Crippen LogP contribution in [0.5, 0.6) is 0 Å². The van der Waals surface area contributed by atoms with Crippen LogP contribution in [0.15, 0.2) is 0 Å². The summed E-state index contributed by atoms with van der Waals surface area (Å²) in [6, 6.07) is -3.95. The topological polar surface area (TPSA) is 288 Å². The minimum absolute atomic E-state index is 0.0165. The molecule has 15 atom stereocenters. The number of aliphatic hydroxyl groups is 5. The van der Waals surface area contributed by atoms with E-state index in [1.807, 2.05) is 0 Å². The lowest BCUT2D eigenvalue weighted by Crippen LogP contribution is -2.69. The van der Waals surface area contributed by atoms with Gasteiger partial charge in [-0.2, -0.15) is 0 Å². The lowest BCUT2D eigenvalue weighted by atomic mass is 9.84. The summed E-state index contributed by atoms with van der Waals surface area (Å²) in [5, 5.41) is 52.7. The Morgan fingerprint density at radius 3 is 1.92 bits per heavy atom. The zero-order chi connectivity index (χ0) is 28.5. The number of ether oxygens (including phenoxy) is 4. The normalized spacial score (nSPS) is 48.1. The maximum absolute atomic E-state index is 12.0. The van der Waals surface area contributed by atoms with Crippen molar-refractivity contribution in [3.05, 3.63) is 0 Å². The molecule has 0 aromatic heterocycles. The van der Waals surface area contributed by atoms with Crippen molar-refractivity contribution >= 4 is 5.91 Å². The van der Waals surface area contributed by atoms with E-state index < -0.39 is 91.7 Å². The van der Waals surface area contributed by atoms with Crippen LogP contribution in [-0.4, -0.2) is 148 Å². The van der Waals surface area contributed by atoms with E-state index in [-0.39, 0.29) is 31.8 Å². The van der Waals surface area contributed by atoms with Crippen molar-refractivity contribution in [2.45, 2.75) is 111 Å². The molecule has 0 aromatic carbocycles. The van der Waals surface area contributed by atoms with Gasteiger partial charge in [-0.25, -0.2) is 0 Å². The van der Waals surface area contributed by atoms with Crippen LogP contribution >= 0.6 is 0 Å². The van der Waals surface area contributed by atoms with Gasteiger partial charge in [0.25, 0.3) is 0 Å². The number of amides is 1. The van der Waals surface area contributed by atoms with E-state index in [2.05, 4.69) is 0 Å². The number of likely N-dealkylation sites (N-methyl/N-ethyl adjacent to an activating group) is 1. The molecule has 2 saturated heterocycles. The van der Waals surface area contributed by atoms with Gasteiger partial charge in [0, 0.05) is 38.6 Å². The molecule has 0 aromatic rings. The summed E-state index contributed by atoms with van der Waals surface area (Å²) in [6.45, 7) is 1.55. The summed E-state index contributed by atoms with van der Waals surface area (Å²) in [4.78, 5) is 13.4. The van der Waals surface area contributed by atoms with Gasteiger partial charge in [0.2, 0.25) is 5.91 Å². The second-order valence-corrected chi connectivity index (χ2v) is 10.3. The SMILES string of the molecule is CCC(=O)N(C)CC1OC(OC2C(N)CC(N)C(OC3OC(CN)C(O)C(O)C3N)C2O)C(O)C(N)C1O. The minimum Gasteiger partial charge on any atom is -0.389 e. The van der Waals surface area contributed by atoms with Gasteiger partial charge in [-0.15, -0.1) is 0 Å².